The molecule has 1 N–H and O–H groups in total. The summed E-state index contributed by atoms with van der Waals surface area (Å²) in [5.41, 5.74) is 2.56. The average Bonchev–Trinajstić information content (AvgIpc) is 2.89. The average molecular weight is 326 g/mol. The van der Waals surface area contributed by atoms with Crippen LogP contribution < -0.4 is 10.2 Å². The largest absolute Gasteiger partial charge is 0.344 e. The second-order valence-corrected chi connectivity index (χ2v) is 6.04. The third kappa shape index (κ3) is 3.62. The first-order valence-corrected chi connectivity index (χ1v) is 7.95. The highest BCUT2D eigenvalue weighted by Gasteiger charge is 2.33. The first-order valence-electron chi connectivity index (χ1n) is 7.95. The molecule has 24 heavy (non-hydrogen) atoms. The summed E-state index contributed by atoms with van der Waals surface area (Å²) in [7, 11) is 0. The lowest BCUT2D eigenvalue weighted by atomic mass is 10.1. The second-order valence-electron chi connectivity index (χ2n) is 6.04. The summed E-state index contributed by atoms with van der Waals surface area (Å²) >= 11 is 0. The first-order chi connectivity index (χ1) is 11.5. The number of carbonyl (C=O) groups excluding carboxylic acids is 2. The van der Waals surface area contributed by atoms with E-state index in [1.165, 1.54) is 12.1 Å². The monoisotopic (exact) mass is 326 g/mol. The van der Waals surface area contributed by atoms with Crippen molar-refractivity contribution < 1.29 is 14.0 Å². The van der Waals surface area contributed by atoms with Crippen molar-refractivity contribution in [1.29, 1.82) is 0 Å². The Hall–Kier alpha value is -2.69. The molecule has 0 saturated carbocycles. The van der Waals surface area contributed by atoms with Crippen molar-refractivity contribution in [2.75, 3.05) is 11.4 Å². The van der Waals surface area contributed by atoms with Gasteiger partial charge in [0, 0.05) is 12.2 Å². The number of nitrogens with zero attached hydrogens (tertiary/aromatic N) is 1. The van der Waals surface area contributed by atoms with Crippen LogP contribution in [0.4, 0.5) is 10.1 Å². The Morgan fingerprint density at radius 2 is 2.00 bits per heavy atom. The van der Waals surface area contributed by atoms with Crippen molar-refractivity contribution in [2.24, 2.45) is 0 Å². The summed E-state index contributed by atoms with van der Waals surface area (Å²) in [5, 5.41) is 2.76. The highest BCUT2D eigenvalue weighted by atomic mass is 19.1. The van der Waals surface area contributed by atoms with E-state index in [0.717, 1.165) is 11.3 Å². The van der Waals surface area contributed by atoms with E-state index >= 15 is 0 Å². The third-order valence-corrected chi connectivity index (χ3v) is 4.14. The maximum Gasteiger partial charge on any atom is 0.249 e. The van der Waals surface area contributed by atoms with Gasteiger partial charge in [0.15, 0.2) is 0 Å². The number of carbonyl (C=O) groups is 2. The van der Waals surface area contributed by atoms with Crippen LogP contribution in [-0.2, 0) is 16.0 Å². The summed E-state index contributed by atoms with van der Waals surface area (Å²) < 4.78 is 13.2. The number of anilines is 1. The van der Waals surface area contributed by atoms with Gasteiger partial charge in [0.25, 0.3) is 0 Å². The van der Waals surface area contributed by atoms with E-state index < -0.39 is 6.04 Å². The van der Waals surface area contributed by atoms with Crippen molar-refractivity contribution >= 4 is 17.5 Å². The molecule has 0 aromatic heterocycles. The minimum atomic E-state index is -0.521. The summed E-state index contributed by atoms with van der Waals surface area (Å²) in [6.07, 6.45) is 0.633. The quantitative estimate of drug-likeness (QED) is 0.939. The number of amides is 2. The molecule has 2 aromatic carbocycles. The van der Waals surface area contributed by atoms with Crippen molar-refractivity contribution in [3.63, 3.8) is 0 Å². The minimum absolute atomic E-state index is 0.0616. The van der Waals surface area contributed by atoms with Crippen LogP contribution in [0.2, 0.25) is 0 Å². The number of hydrogen-bond donors (Lipinski definition) is 1. The van der Waals surface area contributed by atoms with E-state index in [0.29, 0.717) is 18.5 Å². The zero-order valence-corrected chi connectivity index (χ0v) is 13.5. The summed E-state index contributed by atoms with van der Waals surface area (Å²) in [6, 6.07) is 13.1. The second kappa shape index (κ2) is 6.83. The Bertz CT molecular complexity index is 758. The molecule has 1 fully saturated rings. The maximum absolute atomic E-state index is 13.2. The molecule has 0 spiro atoms. The molecule has 1 atom stereocenters. The Balaban J connectivity index is 1.61. The van der Waals surface area contributed by atoms with Crippen LogP contribution in [0, 0.1) is 12.7 Å². The van der Waals surface area contributed by atoms with E-state index in [9.17, 15) is 14.0 Å². The van der Waals surface area contributed by atoms with E-state index in [4.69, 9.17) is 0 Å². The van der Waals surface area contributed by atoms with Gasteiger partial charge in [-0.1, -0.05) is 29.8 Å². The van der Waals surface area contributed by atoms with Crippen LogP contribution >= 0.6 is 0 Å². The highest BCUT2D eigenvalue weighted by molar-refractivity contribution is 6.01. The highest BCUT2D eigenvalue weighted by Crippen LogP contribution is 2.22. The molecule has 1 aliphatic heterocycles. The molecule has 2 aromatic rings. The minimum Gasteiger partial charge on any atom is -0.344 e. The number of hydrogen-bond acceptors (Lipinski definition) is 2. The molecule has 0 radical (unpaired) electrons. The number of benzene rings is 2. The molecule has 3 rings (SSSR count). The van der Waals surface area contributed by atoms with Gasteiger partial charge in [-0.05, 0) is 43.2 Å². The Morgan fingerprint density at radius 3 is 2.71 bits per heavy atom. The SMILES string of the molecule is Cc1ccc(N2CCC(NC(=O)Cc3cccc(F)c3)C2=O)cc1. The van der Waals surface area contributed by atoms with E-state index in [1.54, 1.807) is 17.0 Å². The molecule has 1 saturated heterocycles. The lowest BCUT2D eigenvalue weighted by Gasteiger charge is -2.17. The maximum atomic E-state index is 13.2. The Morgan fingerprint density at radius 1 is 1.25 bits per heavy atom. The molecule has 1 unspecified atom stereocenters. The molecule has 0 bridgehead atoms. The molecule has 2 amide bonds. The van der Waals surface area contributed by atoms with Gasteiger partial charge in [0.2, 0.25) is 11.8 Å². The molecule has 1 heterocycles. The lowest BCUT2D eigenvalue weighted by Crippen LogP contribution is -2.42. The predicted molar refractivity (Wildman–Crippen MR) is 90.2 cm³/mol. The number of halogens is 1. The van der Waals surface area contributed by atoms with E-state index in [-0.39, 0.29) is 24.1 Å². The van der Waals surface area contributed by atoms with Crippen molar-refractivity contribution in [3.05, 3.63) is 65.5 Å². The number of aryl methyl sites for hydroxylation is 1. The first kappa shape index (κ1) is 16.2. The molecule has 5 heteroatoms. The topological polar surface area (TPSA) is 49.4 Å². The fourth-order valence-corrected chi connectivity index (χ4v) is 2.87. The van der Waals surface area contributed by atoms with Gasteiger partial charge in [0.1, 0.15) is 11.9 Å². The fraction of sp³-hybridized carbons (Fsp3) is 0.263. The van der Waals surface area contributed by atoms with Crippen LogP contribution in [0.5, 0.6) is 0 Å². The third-order valence-electron chi connectivity index (χ3n) is 4.14. The number of rotatable bonds is 4. The van der Waals surface area contributed by atoms with Crippen molar-refractivity contribution in [3.8, 4) is 0 Å². The van der Waals surface area contributed by atoms with Crippen LogP contribution in [0.25, 0.3) is 0 Å². The number of nitrogens with one attached hydrogen (secondary N) is 1. The predicted octanol–water partition coefficient (Wildman–Crippen LogP) is 2.60. The molecule has 1 aliphatic rings. The molecular weight excluding hydrogens is 307 g/mol. The van der Waals surface area contributed by atoms with Crippen LogP contribution in [0.1, 0.15) is 17.5 Å². The molecule has 4 nitrogen and oxygen atoms in total. The van der Waals surface area contributed by atoms with Crippen LogP contribution in [-0.4, -0.2) is 24.4 Å². The Kier molecular flexibility index (Phi) is 4.60. The lowest BCUT2D eigenvalue weighted by molar-refractivity contribution is -0.126. The zero-order chi connectivity index (χ0) is 17.1. The van der Waals surface area contributed by atoms with E-state index in [1.807, 2.05) is 31.2 Å². The van der Waals surface area contributed by atoms with E-state index in [2.05, 4.69) is 5.32 Å². The summed E-state index contributed by atoms with van der Waals surface area (Å²) in [5.74, 6) is -0.751. The molecule has 0 aliphatic carbocycles. The van der Waals surface area contributed by atoms with Gasteiger partial charge in [0.05, 0.1) is 6.42 Å². The molecule has 124 valence electrons. The Labute approximate surface area is 140 Å². The van der Waals surface area contributed by atoms with Gasteiger partial charge in [-0.3, -0.25) is 9.59 Å². The van der Waals surface area contributed by atoms with Crippen molar-refractivity contribution in [1.82, 2.24) is 5.32 Å². The van der Waals surface area contributed by atoms with Crippen molar-refractivity contribution in [2.45, 2.75) is 25.8 Å². The smallest absolute Gasteiger partial charge is 0.249 e. The van der Waals surface area contributed by atoms with Gasteiger partial charge in [-0.2, -0.15) is 0 Å². The van der Waals surface area contributed by atoms with Crippen LogP contribution in [0.15, 0.2) is 48.5 Å². The normalized spacial score (nSPS) is 17.2. The van der Waals surface area contributed by atoms with Gasteiger partial charge in [-0.15, -0.1) is 0 Å². The zero-order valence-electron chi connectivity index (χ0n) is 13.5. The summed E-state index contributed by atoms with van der Waals surface area (Å²) in [4.78, 5) is 26.3. The standard InChI is InChI=1S/C19H19FN2O2/c1-13-5-7-16(8-6-13)22-10-9-17(19(22)24)21-18(23)12-14-3-2-4-15(20)11-14/h2-8,11,17H,9-10,12H2,1H3,(H,21,23). The fourth-order valence-electron chi connectivity index (χ4n) is 2.87. The van der Waals surface area contributed by atoms with Gasteiger partial charge < -0.3 is 10.2 Å². The van der Waals surface area contributed by atoms with Gasteiger partial charge >= 0.3 is 0 Å². The summed E-state index contributed by atoms with van der Waals surface area (Å²) in [6.45, 7) is 2.57. The van der Waals surface area contributed by atoms with Gasteiger partial charge in [-0.25, -0.2) is 4.39 Å². The molecular formula is C19H19FN2O2. The van der Waals surface area contributed by atoms with Crippen LogP contribution in [0.3, 0.4) is 0 Å².